The fourth-order valence-electron chi connectivity index (χ4n) is 9.86. The zero-order valence-electron chi connectivity index (χ0n) is 42.6. The second-order valence-corrected chi connectivity index (χ2v) is 24.0. The van der Waals surface area contributed by atoms with Crippen LogP contribution in [0.2, 0.25) is 0 Å². The predicted molar refractivity (Wildman–Crippen MR) is 295 cm³/mol. The fourth-order valence-corrected chi connectivity index (χ4v) is 11.1. The Kier molecular flexibility index (Phi) is 11.4. The van der Waals surface area contributed by atoms with Crippen molar-refractivity contribution in [2.24, 2.45) is 0 Å². The minimum absolute atomic E-state index is 0.0109. The lowest BCUT2D eigenvalue weighted by Gasteiger charge is -2.33. The third-order valence-electron chi connectivity index (χ3n) is 13.9. The van der Waals surface area contributed by atoms with Crippen molar-refractivity contribution in [1.29, 1.82) is 0 Å². The number of anilines is 6. The number of thiophene rings is 1. The number of aromatic nitrogens is 1. The highest BCUT2D eigenvalue weighted by atomic mass is 32.1. The lowest BCUT2D eigenvalue weighted by molar-refractivity contribution is 0.589. The van der Waals surface area contributed by atoms with Crippen LogP contribution >= 0.6 is 11.3 Å². The minimum atomic E-state index is 0.0109. The summed E-state index contributed by atoms with van der Waals surface area (Å²) in [5.74, 6) is 0. The maximum Gasteiger partial charge on any atom is 0.0765 e. The first-order valence-corrected chi connectivity index (χ1v) is 24.9. The summed E-state index contributed by atoms with van der Waals surface area (Å²) in [6, 6.07) is 55.4. The van der Waals surface area contributed by atoms with Crippen LogP contribution in [0.15, 0.2) is 146 Å². The molecule has 0 saturated heterocycles. The van der Waals surface area contributed by atoms with Crippen molar-refractivity contribution in [3.8, 4) is 5.69 Å². The quantitative estimate of drug-likeness (QED) is 0.158. The molecule has 0 saturated carbocycles. The molecule has 2 aromatic heterocycles. The third kappa shape index (κ3) is 8.37. The molecule has 0 aliphatic heterocycles. The van der Waals surface area contributed by atoms with Gasteiger partial charge in [-0.05, 0) is 143 Å². The molecule has 67 heavy (non-hydrogen) atoms. The molecule has 342 valence electrons. The maximum atomic E-state index is 2.57. The third-order valence-corrected chi connectivity index (χ3v) is 15.1. The normalized spacial score (nSPS) is 12.7. The van der Waals surface area contributed by atoms with Crippen LogP contribution in [0.3, 0.4) is 0 Å². The molecule has 0 atom stereocenters. The molecular formula is C63H69N3S. The fraction of sp³-hybridized carbons (Fsp3) is 0.302. The van der Waals surface area contributed by atoms with Crippen LogP contribution in [-0.2, 0) is 21.7 Å². The van der Waals surface area contributed by atoms with Gasteiger partial charge in [0, 0.05) is 54.0 Å². The summed E-state index contributed by atoms with van der Waals surface area (Å²) in [5, 5.41) is 3.86. The van der Waals surface area contributed by atoms with E-state index in [1.165, 1.54) is 81.5 Å². The second-order valence-electron chi connectivity index (χ2n) is 22.9. The van der Waals surface area contributed by atoms with E-state index >= 15 is 0 Å². The summed E-state index contributed by atoms with van der Waals surface area (Å²) in [4.78, 5) is 5.06. The van der Waals surface area contributed by atoms with Gasteiger partial charge in [-0.1, -0.05) is 162 Å². The molecule has 0 bridgehead atoms. The van der Waals surface area contributed by atoms with E-state index in [4.69, 9.17) is 0 Å². The van der Waals surface area contributed by atoms with E-state index in [0.717, 1.165) is 28.4 Å². The number of fused-ring (bicyclic) bond motifs is 5. The second kappa shape index (κ2) is 16.6. The van der Waals surface area contributed by atoms with Crippen LogP contribution in [0, 0.1) is 20.8 Å². The van der Waals surface area contributed by atoms with E-state index in [0.29, 0.717) is 0 Å². The molecule has 0 amide bonds. The van der Waals surface area contributed by atoms with E-state index in [1.807, 2.05) is 11.3 Å². The van der Waals surface area contributed by atoms with Gasteiger partial charge in [-0.2, -0.15) is 0 Å². The average Bonchev–Trinajstić information content (AvgIpc) is 3.79. The van der Waals surface area contributed by atoms with Gasteiger partial charge in [-0.25, -0.2) is 0 Å². The molecule has 0 unspecified atom stereocenters. The maximum absolute atomic E-state index is 2.57. The topological polar surface area (TPSA) is 11.4 Å². The van der Waals surface area contributed by atoms with Gasteiger partial charge in [-0.15, -0.1) is 11.3 Å². The monoisotopic (exact) mass is 900 g/mol. The summed E-state index contributed by atoms with van der Waals surface area (Å²) in [7, 11) is 0. The van der Waals surface area contributed by atoms with Gasteiger partial charge in [0.1, 0.15) is 0 Å². The molecule has 9 aromatic rings. The van der Waals surface area contributed by atoms with Gasteiger partial charge in [0.25, 0.3) is 0 Å². The van der Waals surface area contributed by atoms with Crippen LogP contribution in [-0.4, -0.2) is 4.57 Å². The van der Waals surface area contributed by atoms with Crippen LogP contribution in [0.4, 0.5) is 34.1 Å². The molecule has 3 nitrogen and oxygen atoms in total. The number of hydrogen-bond acceptors (Lipinski definition) is 3. The zero-order chi connectivity index (χ0) is 48.0. The number of aryl methyl sites for hydroxylation is 1. The molecule has 0 aliphatic carbocycles. The first-order chi connectivity index (χ1) is 31.5. The summed E-state index contributed by atoms with van der Waals surface area (Å²) >= 11 is 1.91. The van der Waals surface area contributed by atoms with E-state index in [-0.39, 0.29) is 21.7 Å². The highest BCUT2D eigenvalue weighted by Crippen LogP contribution is 2.52. The van der Waals surface area contributed by atoms with Gasteiger partial charge in [0.2, 0.25) is 0 Å². The number of nitrogens with zero attached hydrogens (tertiary/aromatic N) is 3. The van der Waals surface area contributed by atoms with E-state index in [2.05, 4.69) is 264 Å². The highest BCUT2D eigenvalue weighted by Gasteiger charge is 2.30. The van der Waals surface area contributed by atoms with Crippen LogP contribution < -0.4 is 9.80 Å². The lowest BCUT2D eigenvalue weighted by Crippen LogP contribution is -2.18. The zero-order valence-corrected chi connectivity index (χ0v) is 43.4. The predicted octanol–water partition coefficient (Wildman–Crippen LogP) is 19.1. The SMILES string of the molecule is Cc1cc(C(C)(C)C)ccc1N(c1ccc(C(C)(C)C)cc1)c1cccc(N(c2ccc(C(C)(C)C)cc2)c2c(C)n(-c3ccc(C(C)(C)C)cc3)c3ccc4c5ccccc5sc4c23)c1C. The Balaban J connectivity index is 1.36. The molecular weight excluding hydrogens is 831 g/mol. The largest absolute Gasteiger partial charge is 0.312 e. The molecule has 9 rings (SSSR count). The first kappa shape index (κ1) is 46.0. The summed E-state index contributed by atoms with van der Waals surface area (Å²) < 4.78 is 5.11. The van der Waals surface area contributed by atoms with Crippen molar-refractivity contribution in [2.75, 3.05) is 9.80 Å². The van der Waals surface area contributed by atoms with E-state index in [9.17, 15) is 0 Å². The molecule has 4 heteroatoms. The molecule has 0 aliphatic rings. The number of rotatable bonds is 7. The highest BCUT2D eigenvalue weighted by molar-refractivity contribution is 7.26. The summed E-state index contributed by atoms with van der Waals surface area (Å²) in [5.41, 5.74) is 18.4. The Labute approximate surface area is 404 Å². The molecule has 0 fully saturated rings. The van der Waals surface area contributed by atoms with Crippen molar-refractivity contribution in [2.45, 2.75) is 126 Å². The van der Waals surface area contributed by atoms with Gasteiger partial charge < -0.3 is 14.4 Å². The van der Waals surface area contributed by atoms with Crippen molar-refractivity contribution in [1.82, 2.24) is 4.57 Å². The standard InChI is InChI=1S/C63H69N3S/c1-40-39-46(63(13,14)15)29-37-52(40)65(48-32-25-44(26-33-48)61(7,8)9)53-20-18-21-54(41(53)2)66(49-34-27-45(28-35-49)62(10,11)12)58-42(3)64(47-30-23-43(24-31-47)60(4,5)6)55-38-36-51-50-19-16-17-22-56(50)67-59(51)57(55)58/h16-39H,1-15H3. The first-order valence-electron chi connectivity index (χ1n) is 24.1. The number of benzene rings is 7. The Bertz CT molecular complexity index is 3280. The van der Waals surface area contributed by atoms with Crippen molar-refractivity contribution >= 4 is 76.5 Å². The molecule has 0 spiro atoms. The van der Waals surface area contributed by atoms with E-state index in [1.54, 1.807) is 0 Å². The molecule has 2 heterocycles. The van der Waals surface area contributed by atoms with Crippen molar-refractivity contribution in [3.63, 3.8) is 0 Å². The van der Waals surface area contributed by atoms with Gasteiger partial charge in [0.15, 0.2) is 0 Å². The Hall–Kier alpha value is -6.10. The molecule has 0 N–H and O–H groups in total. The van der Waals surface area contributed by atoms with E-state index < -0.39 is 0 Å². The molecule has 0 radical (unpaired) electrons. The lowest BCUT2D eigenvalue weighted by atomic mass is 9.85. The van der Waals surface area contributed by atoms with Gasteiger partial charge in [-0.3, -0.25) is 0 Å². The van der Waals surface area contributed by atoms with Crippen molar-refractivity contribution in [3.05, 3.63) is 185 Å². The van der Waals surface area contributed by atoms with Gasteiger partial charge in [0.05, 0.1) is 22.6 Å². The van der Waals surface area contributed by atoms with Gasteiger partial charge >= 0.3 is 0 Å². The summed E-state index contributed by atoms with van der Waals surface area (Å²) in [6.45, 7) is 34.4. The summed E-state index contributed by atoms with van der Waals surface area (Å²) in [6.07, 6.45) is 0. The minimum Gasteiger partial charge on any atom is -0.312 e. The average molecular weight is 900 g/mol. The Morgan fingerprint density at radius 3 is 1.46 bits per heavy atom. The van der Waals surface area contributed by atoms with Crippen molar-refractivity contribution < 1.29 is 0 Å². The van der Waals surface area contributed by atoms with Crippen LogP contribution in [0.5, 0.6) is 0 Å². The van der Waals surface area contributed by atoms with Crippen LogP contribution in [0.1, 0.15) is 122 Å². The Morgan fingerprint density at radius 1 is 0.433 bits per heavy atom. The number of hydrogen-bond donors (Lipinski definition) is 0. The van der Waals surface area contributed by atoms with Crippen LogP contribution in [0.25, 0.3) is 36.8 Å². The smallest absolute Gasteiger partial charge is 0.0765 e. The Morgan fingerprint density at radius 2 is 0.925 bits per heavy atom. The molecule has 7 aromatic carbocycles.